The molecule has 0 atom stereocenters. The molecule has 2 N–H and O–H groups in total. The molecule has 0 aliphatic heterocycles. The molecule has 3 aromatic rings. The predicted molar refractivity (Wildman–Crippen MR) is 107 cm³/mol. The Hall–Kier alpha value is -2.79. The molecule has 6 heteroatoms. The van der Waals surface area contributed by atoms with Crippen molar-refractivity contribution in [3.05, 3.63) is 70.9 Å². The van der Waals surface area contributed by atoms with Crippen LogP contribution in [0, 0.1) is 6.92 Å². The number of aryl methyl sites for hydroxylation is 1. The van der Waals surface area contributed by atoms with E-state index >= 15 is 0 Å². The molecule has 0 radical (unpaired) electrons. The van der Waals surface area contributed by atoms with Gasteiger partial charge in [-0.1, -0.05) is 29.8 Å². The maximum absolute atomic E-state index is 6.03. The molecule has 0 amide bonds. The summed E-state index contributed by atoms with van der Waals surface area (Å²) in [6, 6.07) is 17.5. The van der Waals surface area contributed by atoms with Crippen LogP contribution in [0.25, 0.3) is 0 Å². The summed E-state index contributed by atoms with van der Waals surface area (Å²) in [5, 5.41) is 7.22. The lowest BCUT2D eigenvalue weighted by Crippen LogP contribution is -2.09. The first kappa shape index (κ1) is 18.0. The second kappa shape index (κ2) is 8.54. The standard InChI is InChI=1S/C20H21ClN4O/c1-14-12-19(24-17-5-3-4-16(21)13-17)25-20(23-14)22-11-10-15-6-8-18(26-2)9-7-15/h3-9,12-13H,10-11H2,1-2H3,(H2,22,23,24,25). The van der Waals surface area contributed by atoms with Gasteiger partial charge in [-0.05, 0) is 49.2 Å². The molecule has 0 saturated carbocycles. The molecule has 1 heterocycles. The van der Waals surface area contributed by atoms with Gasteiger partial charge in [0.05, 0.1) is 7.11 Å². The lowest BCUT2D eigenvalue weighted by atomic mass is 10.1. The lowest BCUT2D eigenvalue weighted by molar-refractivity contribution is 0.414. The highest BCUT2D eigenvalue weighted by Crippen LogP contribution is 2.20. The maximum Gasteiger partial charge on any atom is 0.224 e. The molecular formula is C20H21ClN4O. The smallest absolute Gasteiger partial charge is 0.224 e. The molecular weight excluding hydrogens is 348 g/mol. The molecule has 0 spiro atoms. The van der Waals surface area contributed by atoms with Gasteiger partial charge >= 0.3 is 0 Å². The number of hydrogen-bond donors (Lipinski definition) is 2. The largest absolute Gasteiger partial charge is 0.497 e. The summed E-state index contributed by atoms with van der Waals surface area (Å²) in [6.07, 6.45) is 0.873. The van der Waals surface area contributed by atoms with Gasteiger partial charge in [-0.15, -0.1) is 0 Å². The first-order chi connectivity index (χ1) is 12.6. The fraction of sp³-hybridized carbons (Fsp3) is 0.200. The van der Waals surface area contributed by atoms with Crippen molar-refractivity contribution in [2.75, 3.05) is 24.3 Å². The predicted octanol–water partition coefficient (Wildman–Crippen LogP) is 4.85. The van der Waals surface area contributed by atoms with Gasteiger partial charge in [0.25, 0.3) is 0 Å². The summed E-state index contributed by atoms with van der Waals surface area (Å²) < 4.78 is 5.17. The number of halogens is 1. The molecule has 134 valence electrons. The molecule has 0 aliphatic rings. The van der Waals surface area contributed by atoms with Crippen LogP contribution in [0.1, 0.15) is 11.3 Å². The van der Waals surface area contributed by atoms with E-state index in [9.17, 15) is 0 Å². The van der Waals surface area contributed by atoms with Gasteiger partial charge in [-0.3, -0.25) is 0 Å². The van der Waals surface area contributed by atoms with E-state index in [-0.39, 0.29) is 0 Å². The zero-order valence-electron chi connectivity index (χ0n) is 14.8. The van der Waals surface area contributed by atoms with Gasteiger partial charge < -0.3 is 15.4 Å². The van der Waals surface area contributed by atoms with Gasteiger partial charge in [-0.25, -0.2) is 4.98 Å². The van der Waals surface area contributed by atoms with E-state index in [0.29, 0.717) is 11.0 Å². The van der Waals surface area contributed by atoms with Gasteiger partial charge in [0.2, 0.25) is 5.95 Å². The number of ether oxygens (including phenoxy) is 1. The molecule has 0 fully saturated rings. The molecule has 0 bridgehead atoms. The number of methoxy groups -OCH3 is 1. The monoisotopic (exact) mass is 368 g/mol. The first-order valence-electron chi connectivity index (χ1n) is 8.37. The summed E-state index contributed by atoms with van der Waals surface area (Å²) in [5.41, 5.74) is 3.00. The zero-order valence-corrected chi connectivity index (χ0v) is 15.5. The molecule has 0 unspecified atom stereocenters. The summed E-state index contributed by atoms with van der Waals surface area (Å²) >= 11 is 6.03. The van der Waals surface area contributed by atoms with E-state index in [1.807, 2.05) is 49.4 Å². The van der Waals surface area contributed by atoms with Gasteiger partial charge in [0.15, 0.2) is 0 Å². The van der Waals surface area contributed by atoms with E-state index in [1.165, 1.54) is 5.56 Å². The Morgan fingerprint density at radius 1 is 1.04 bits per heavy atom. The summed E-state index contributed by atoms with van der Waals surface area (Å²) in [6.45, 7) is 2.69. The molecule has 26 heavy (non-hydrogen) atoms. The van der Waals surface area contributed by atoms with E-state index in [4.69, 9.17) is 16.3 Å². The minimum absolute atomic E-state index is 0.600. The minimum atomic E-state index is 0.600. The van der Waals surface area contributed by atoms with E-state index < -0.39 is 0 Å². The van der Waals surface area contributed by atoms with Crippen molar-refractivity contribution >= 4 is 29.1 Å². The highest BCUT2D eigenvalue weighted by Gasteiger charge is 2.04. The molecule has 0 saturated heterocycles. The number of anilines is 3. The van der Waals surface area contributed by atoms with Crippen molar-refractivity contribution in [1.29, 1.82) is 0 Å². The minimum Gasteiger partial charge on any atom is -0.497 e. The number of hydrogen-bond acceptors (Lipinski definition) is 5. The topological polar surface area (TPSA) is 59.1 Å². The maximum atomic E-state index is 6.03. The fourth-order valence-corrected chi connectivity index (χ4v) is 2.73. The third-order valence-corrected chi connectivity index (χ3v) is 4.04. The molecule has 5 nitrogen and oxygen atoms in total. The highest BCUT2D eigenvalue weighted by molar-refractivity contribution is 6.30. The van der Waals surface area contributed by atoms with Crippen LogP contribution in [0.5, 0.6) is 5.75 Å². The first-order valence-corrected chi connectivity index (χ1v) is 8.75. The van der Waals surface area contributed by atoms with Crippen LogP contribution in [0.2, 0.25) is 5.02 Å². The lowest BCUT2D eigenvalue weighted by Gasteiger charge is -2.10. The number of nitrogens with zero attached hydrogens (tertiary/aromatic N) is 2. The van der Waals surface area contributed by atoms with Crippen LogP contribution in [0.4, 0.5) is 17.5 Å². The Bertz CT molecular complexity index is 868. The normalized spacial score (nSPS) is 10.4. The molecule has 2 aromatic carbocycles. The Morgan fingerprint density at radius 2 is 1.85 bits per heavy atom. The third-order valence-electron chi connectivity index (χ3n) is 3.81. The van der Waals surface area contributed by atoms with Crippen LogP contribution in [0.3, 0.4) is 0 Å². The van der Waals surface area contributed by atoms with Gasteiger partial charge in [-0.2, -0.15) is 4.98 Å². The second-order valence-electron chi connectivity index (χ2n) is 5.88. The molecule has 3 rings (SSSR count). The quantitative estimate of drug-likeness (QED) is 0.624. The number of nitrogens with one attached hydrogen (secondary N) is 2. The Balaban J connectivity index is 1.61. The second-order valence-corrected chi connectivity index (χ2v) is 6.31. The van der Waals surface area contributed by atoms with Gasteiger partial charge in [0.1, 0.15) is 11.6 Å². The van der Waals surface area contributed by atoms with Crippen molar-refractivity contribution < 1.29 is 4.74 Å². The Labute approximate surface area is 158 Å². The van der Waals surface area contributed by atoms with Crippen molar-refractivity contribution in [2.45, 2.75) is 13.3 Å². The SMILES string of the molecule is COc1ccc(CCNc2nc(C)cc(Nc3cccc(Cl)c3)n2)cc1. The van der Waals surface area contributed by atoms with E-state index in [2.05, 4.69) is 32.7 Å². The average Bonchev–Trinajstić information content (AvgIpc) is 2.62. The van der Waals surface area contributed by atoms with E-state index in [0.717, 1.165) is 35.9 Å². The van der Waals surface area contributed by atoms with Crippen molar-refractivity contribution in [1.82, 2.24) is 9.97 Å². The van der Waals surface area contributed by atoms with Crippen molar-refractivity contribution in [2.24, 2.45) is 0 Å². The molecule has 0 aliphatic carbocycles. The summed E-state index contributed by atoms with van der Waals surface area (Å²) in [4.78, 5) is 8.96. The summed E-state index contributed by atoms with van der Waals surface area (Å²) in [5.74, 6) is 2.19. The van der Waals surface area contributed by atoms with E-state index in [1.54, 1.807) is 7.11 Å². The average molecular weight is 369 g/mol. The third kappa shape index (κ3) is 5.10. The van der Waals surface area contributed by atoms with Crippen LogP contribution < -0.4 is 15.4 Å². The number of aromatic nitrogens is 2. The summed E-state index contributed by atoms with van der Waals surface area (Å²) in [7, 11) is 1.67. The zero-order chi connectivity index (χ0) is 18.4. The van der Waals surface area contributed by atoms with Crippen LogP contribution in [-0.4, -0.2) is 23.6 Å². The van der Waals surface area contributed by atoms with Gasteiger partial charge in [0, 0.05) is 29.0 Å². The highest BCUT2D eigenvalue weighted by atomic mass is 35.5. The Morgan fingerprint density at radius 3 is 2.58 bits per heavy atom. The Kier molecular flexibility index (Phi) is 5.92. The number of benzene rings is 2. The van der Waals surface area contributed by atoms with Crippen LogP contribution in [0.15, 0.2) is 54.6 Å². The van der Waals surface area contributed by atoms with Crippen molar-refractivity contribution in [3.8, 4) is 5.75 Å². The van der Waals surface area contributed by atoms with Crippen LogP contribution in [-0.2, 0) is 6.42 Å². The van der Waals surface area contributed by atoms with Crippen LogP contribution >= 0.6 is 11.6 Å². The fourth-order valence-electron chi connectivity index (χ4n) is 2.54. The molecule has 1 aromatic heterocycles. The van der Waals surface area contributed by atoms with Crippen molar-refractivity contribution in [3.63, 3.8) is 0 Å². The number of rotatable bonds is 7.